The number of anilines is 1. The Hall–Kier alpha value is -2.38. The topological polar surface area (TPSA) is 69.7 Å². The summed E-state index contributed by atoms with van der Waals surface area (Å²) >= 11 is 0. The lowest BCUT2D eigenvalue weighted by Crippen LogP contribution is -2.45. The van der Waals surface area contributed by atoms with Gasteiger partial charge in [0.1, 0.15) is 0 Å². The number of amides is 1. The third kappa shape index (κ3) is 4.84. The summed E-state index contributed by atoms with van der Waals surface area (Å²) in [5.74, 6) is -0.334. The molecule has 0 aromatic heterocycles. The molecule has 0 unspecified atom stereocenters. The van der Waals surface area contributed by atoms with E-state index in [1.165, 1.54) is 15.6 Å². The molecule has 2 aromatic carbocycles. The lowest BCUT2D eigenvalue weighted by molar-refractivity contribution is -0.126. The zero-order valence-electron chi connectivity index (χ0n) is 19.0. The smallest absolute Gasteiger partial charge is 0.243 e. The first-order valence-electron chi connectivity index (χ1n) is 11.6. The summed E-state index contributed by atoms with van der Waals surface area (Å²) in [6, 6.07) is 15.9. The molecule has 2 aromatic rings. The Morgan fingerprint density at radius 3 is 2.66 bits per heavy atom. The first kappa shape index (κ1) is 22.8. The van der Waals surface area contributed by atoms with Gasteiger partial charge in [-0.1, -0.05) is 35.9 Å². The first-order valence-corrected chi connectivity index (χ1v) is 13.0. The van der Waals surface area contributed by atoms with Gasteiger partial charge in [-0.3, -0.25) is 4.79 Å². The molecule has 1 fully saturated rings. The number of carbonyl (C=O) groups is 1. The van der Waals surface area contributed by atoms with Gasteiger partial charge in [0.2, 0.25) is 15.9 Å². The number of para-hydroxylation sites is 1. The molecule has 7 heteroatoms. The minimum Gasteiger partial charge on any atom is -0.368 e. The number of fused-ring (bicyclic) bond motifs is 1. The zero-order chi connectivity index (χ0) is 22.7. The number of hydrogen-bond acceptors (Lipinski definition) is 4. The van der Waals surface area contributed by atoms with Gasteiger partial charge in [0.15, 0.2) is 0 Å². The summed E-state index contributed by atoms with van der Waals surface area (Å²) in [4.78, 5) is 15.5. The number of aryl methyl sites for hydroxylation is 1. The van der Waals surface area contributed by atoms with Crippen LogP contribution in [0.4, 0.5) is 5.69 Å². The van der Waals surface area contributed by atoms with Gasteiger partial charge >= 0.3 is 0 Å². The van der Waals surface area contributed by atoms with Crippen LogP contribution >= 0.6 is 0 Å². The summed E-state index contributed by atoms with van der Waals surface area (Å²) in [6.07, 6.45) is 3.35. The highest BCUT2D eigenvalue weighted by molar-refractivity contribution is 7.89. The highest BCUT2D eigenvalue weighted by Crippen LogP contribution is 2.31. The molecule has 2 aliphatic heterocycles. The normalized spacial score (nSPS) is 21.4. The summed E-state index contributed by atoms with van der Waals surface area (Å²) in [5.41, 5.74) is 3.71. The quantitative estimate of drug-likeness (QED) is 0.650. The van der Waals surface area contributed by atoms with Crippen LogP contribution in [-0.4, -0.2) is 50.9 Å². The standard InChI is InChI=1S/C25H33N3O3S/c1-19-10-12-23(13-11-19)32(30,31)27-15-5-8-22(18-27)25(29)26-14-6-16-28-20(2)17-21-7-3-4-9-24(21)28/h3-4,7,9-13,20,22H,5-6,8,14-18H2,1-2H3,(H,26,29)/t20-,22+/m1/s1. The SMILES string of the molecule is Cc1ccc(S(=O)(=O)N2CCC[C@H](C(=O)NCCCN3c4ccccc4C[C@H]3C)C2)cc1. The van der Waals surface area contributed by atoms with E-state index in [4.69, 9.17) is 0 Å². The summed E-state index contributed by atoms with van der Waals surface area (Å²) in [7, 11) is -3.57. The molecule has 1 N–H and O–H groups in total. The van der Waals surface area contributed by atoms with Gasteiger partial charge in [-0.05, 0) is 63.3 Å². The van der Waals surface area contributed by atoms with Crippen LogP contribution in [0.1, 0.15) is 37.3 Å². The lowest BCUT2D eigenvalue weighted by Gasteiger charge is -2.31. The Balaban J connectivity index is 1.28. The van der Waals surface area contributed by atoms with Gasteiger partial charge in [0, 0.05) is 37.9 Å². The largest absolute Gasteiger partial charge is 0.368 e. The fraction of sp³-hybridized carbons (Fsp3) is 0.480. The fourth-order valence-corrected chi connectivity index (χ4v) is 6.33. The van der Waals surface area contributed by atoms with Gasteiger partial charge in [-0.25, -0.2) is 8.42 Å². The second-order valence-electron chi connectivity index (χ2n) is 9.04. The van der Waals surface area contributed by atoms with Gasteiger partial charge < -0.3 is 10.2 Å². The third-order valence-corrected chi connectivity index (χ3v) is 8.52. The van der Waals surface area contributed by atoms with Crippen LogP contribution in [0, 0.1) is 12.8 Å². The van der Waals surface area contributed by atoms with Gasteiger partial charge in [-0.2, -0.15) is 4.31 Å². The maximum absolute atomic E-state index is 13.0. The predicted molar refractivity (Wildman–Crippen MR) is 127 cm³/mol. The molecule has 2 aliphatic rings. The number of carbonyl (C=O) groups excluding carboxylic acids is 1. The molecule has 0 aliphatic carbocycles. The van der Waals surface area contributed by atoms with E-state index >= 15 is 0 Å². The monoisotopic (exact) mass is 455 g/mol. The Morgan fingerprint density at radius 1 is 1.12 bits per heavy atom. The molecule has 1 saturated heterocycles. The van der Waals surface area contributed by atoms with Gasteiger partial charge in [0.05, 0.1) is 10.8 Å². The number of sulfonamides is 1. The molecule has 0 saturated carbocycles. The molecule has 2 heterocycles. The van der Waals surface area contributed by atoms with Crippen LogP contribution in [0.5, 0.6) is 0 Å². The minimum atomic E-state index is -3.57. The number of nitrogens with one attached hydrogen (secondary N) is 1. The van der Waals surface area contributed by atoms with E-state index in [2.05, 4.69) is 41.4 Å². The maximum atomic E-state index is 13.0. The minimum absolute atomic E-state index is 0.0383. The molecule has 0 spiro atoms. The van der Waals surface area contributed by atoms with E-state index in [9.17, 15) is 13.2 Å². The Bertz CT molecular complexity index is 1050. The predicted octanol–water partition coefficient (Wildman–Crippen LogP) is 3.35. The van der Waals surface area contributed by atoms with Crippen molar-refractivity contribution in [2.24, 2.45) is 5.92 Å². The molecule has 172 valence electrons. The first-order chi connectivity index (χ1) is 15.4. The van der Waals surface area contributed by atoms with Crippen LogP contribution in [0.3, 0.4) is 0 Å². The number of rotatable bonds is 7. The van der Waals surface area contributed by atoms with Crippen LogP contribution in [0.15, 0.2) is 53.4 Å². The zero-order valence-corrected chi connectivity index (χ0v) is 19.8. The summed E-state index contributed by atoms with van der Waals surface area (Å²) in [5, 5.41) is 3.05. The van der Waals surface area contributed by atoms with Crippen LogP contribution in [0.25, 0.3) is 0 Å². The van der Waals surface area contributed by atoms with Crippen LogP contribution in [0.2, 0.25) is 0 Å². The molecule has 2 atom stereocenters. The molecule has 1 amide bonds. The molecule has 32 heavy (non-hydrogen) atoms. The summed E-state index contributed by atoms with van der Waals surface area (Å²) < 4.78 is 27.5. The van der Waals surface area contributed by atoms with Crippen molar-refractivity contribution in [3.8, 4) is 0 Å². The molecular weight excluding hydrogens is 422 g/mol. The Labute approximate surface area is 191 Å². The van der Waals surface area contributed by atoms with E-state index in [0.717, 1.165) is 31.4 Å². The van der Waals surface area contributed by atoms with Crippen LogP contribution < -0.4 is 10.2 Å². The van der Waals surface area contributed by atoms with Crippen molar-refractivity contribution in [3.63, 3.8) is 0 Å². The average Bonchev–Trinajstić information content (AvgIpc) is 3.12. The second kappa shape index (κ2) is 9.63. The highest BCUT2D eigenvalue weighted by Gasteiger charge is 2.33. The molecule has 0 radical (unpaired) electrons. The van der Waals surface area contributed by atoms with Crippen molar-refractivity contribution in [1.29, 1.82) is 0 Å². The van der Waals surface area contributed by atoms with Crippen molar-refractivity contribution in [3.05, 3.63) is 59.7 Å². The Kier molecular flexibility index (Phi) is 6.86. The Morgan fingerprint density at radius 2 is 1.88 bits per heavy atom. The van der Waals surface area contributed by atoms with E-state index < -0.39 is 10.0 Å². The van der Waals surface area contributed by atoms with Crippen molar-refractivity contribution in [2.75, 3.05) is 31.1 Å². The highest BCUT2D eigenvalue weighted by atomic mass is 32.2. The van der Waals surface area contributed by atoms with E-state index in [1.54, 1.807) is 24.3 Å². The lowest BCUT2D eigenvalue weighted by atomic mass is 9.99. The second-order valence-corrected chi connectivity index (χ2v) is 11.0. The maximum Gasteiger partial charge on any atom is 0.243 e. The van der Waals surface area contributed by atoms with Crippen LogP contribution in [-0.2, 0) is 21.2 Å². The van der Waals surface area contributed by atoms with Crippen molar-refractivity contribution in [1.82, 2.24) is 9.62 Å². The van der Waals surface area contributed by atoms with E-state index in [0.29, 0.717) is 30.4 Å². The molecule has 4 rings (SSSR count). The van der Waals surface area contributed by atoms with Gasteiger partial charge in [0.25, 0.3) is 0 Å². The van der Waals surface area contributed by atoms with Crippen molar-refractivity contribution >= 4 is 21.6 Å². The van der Waals surface area contributed by atoms with E-state index in [-0.39, 0.29) is 18.4 Å². The molecular formula is C25H33N3O3S. The van der Waals surface area contributed by atoms with Crippen molar-refractivity contribution in [2.45, 2.75) is 50.5 Å². The third-order valence-electron chi connectivity index (χ3n) is 6.64. The fourth-order valence-electron chi connectivity index (χ4n) is 4.81. The van der Waals surface area contributed by atoms with Gasteiger partial charge in [-0.15, -0.1) is 0 Å². The number of hydrogen-bond donors (Lipinski definition) is 1. The van der Waals surface area contributed by atoms with Crippen molar-refractivity contribution < 1.29 is 13.2 Å². The molecule has 6 nitrogen and oxygen atoms in total. The molecule has 0 bridgehead atoms. The number of piperidine rings is 1. The summed E-state index contributed by atoms with van der Waals surface area (Å²) in [6.45, 7) is 6.39. The average molecular weight is 456 g/mol. The van der Waals surface area contributed by atoms with E-state index in [1.807, 2.05) is 6.92 Å². The number of nitrogens with zero attached hydrogens (tertiary/aromatic N) is 2. The number of benzene rings is 2.